The van der Waals surface area contributed by atoms with E-state index in [1.807, 2.05) is 18.2 Å². The number of anilines is 2. The van der Waals surface area contributed by atoms with Gasteiger partial charge in [0.25, 0.3) is 0 Å². The third kappa shape index (κ3) is 4.07. The fourth-order valence-corrected chi connectivity index (χ4v) is 2.64. The largest absolute Gasteiger partial charge is 0.493 e. The Labute approximate surface area is 147 Å². The first-order chi connectivity index (χ1) is 12.2. The Bertz CT molecular complexity index is 847. The summed E-state index contributed by atoms with van der Waals surface area (Å²) in [6.45, 7) is 2.82. The van der Waals surface area contributed by atoms with E-state index < -0.39 is 0 Å². The first-order valence-electron chi connectivity index (χ1n) is 8.35. The summed E-state index contributed by atoms with van der Waals surface area (Å²) in [5.41, 5.74) is 15.7. The van der Waals surface area contributed by atoms with Gasteiger partial charge in [0.15, 0.2) is 0 Å². The lowest BCUT2D eigenvalue weighted by Crippen LogP contribution is -2.04. The summed E-state index contributed by atoms with van der Waals surface area (Å²) in [6, 6.07) is 16.5. The number of hydrogen-bond donors (Lipinski definition) is 2. The average molecular weight is 334 g/mol. The molecule has 0 aliphatic carbocycles. The second kappa shape index (κ2) is 7.66. The predicted octanol–water partition coefficient (Wildman–Crippen LogP) is 3.69. The van der Waals surface area contributed by atoms with Gasteiger partial charge in [0.1, 0.15) is 11.6 Å². The fraction of sp³-hybridized carbons (Fsp3) is 0.200. The summed E-state index contributed by atoms with van der Waals surface area (Å²) < 4.78 is 5.85. The zero-order chi connectivity index (χ0) is 17.6. The molecule has 2 aromatic carbocycles. The number of nitrogens with two attached hydrogens (primary N) is 2. The Balaban J connectivity index is 1.81. The molecule has 0 spiro atoms. The molecule has 0 saturated carbocycles. The van der Waals surface area contributed by atoms with Gasteiger partial charge in [0, 0.05) is 23.7 Å². The van der Waals surface area contributed by atoms with Crippen molar-refractivity contribution in [2.75, 3.05) is 18.1 Å². The van der Waals surface area contributed by atoms with E-state index in [0.717, 1.165) is 34.4 Å². The van der Waals surface area contributed by atoms with Gasteiger partial charge >= 0.3 is 0 Å². The van der Waals surface area contributed by atoms with Crippen molar-refractivity contribution in [2.45, 2.75) is 19.8 Å². The lowest BCUT2D eigenvalue weighted by molar-refractivity contribution is 0.318. The maximum Gasteiger partial charge on any atom is 0.221 e. The van der Waals surface area contributed by atoms with Gasteiger partial charge < -0.3 is 16.2 Å². The van der Waals surface area contributed by atoms with E-state index >= 15 is 0 Å². The number of nitrogen functional groups attached to an aromatic ring is 2. The molecule has 1 heterocycles. The van der Waals surface area contributed by atoms with E-state index in [2.05, 4.69) is 47.2 Å². The van der Waals surface area contributed by atoms with E-state index in [1.165, 1.54) is 0 Å². The van der Waals surface area contributed by atoms with Crippen LogP contribution in [-0.4, -0.2) is 16.6 Å². The second-order valence-corrected chi connectivity index (χ2v) is 5.86. The van der Waals surface area contributed by atoms with Gasteiger partial charge in [-0.05, 0) is 23.6 Å². The molecule has 25 heavy (non-hydrogen) atoms. The van der Waals surface area contributed by atoms with E-state index in [4.69, 9.17) is 16.2 Å². The molecule has 3 aromatic rings. The SMILES string of the molecule is CCCOc1ccccc1-c1ccc(Cc2cnc(N)nc2N)cc1. The third-order valence-electron chi connectivity index (χ3n) is 3.92. The third-order valence-corrected chi connectivity index (χ3v) is 3.92. The average Bonchev–Trinajstić information content (AvgIpc) is 2.63. The van der Waals surface area contributed by atoms with Crippen LogP contribution in [0.15, 0.2) is 54.7 Å². The summed E-state index contributed by atoms with van der Waals surface area (Å²) in [6.07, 6.45) is 3.33. The standard InChI is InChI=1S/C20H22N4O/c1-2-11-25-18-6-4-3-5-17(18)15-9-7-14(8-10-15)12-16-13-23-20(22)24-19(16)21/h3-10,13H,2,11-12H2,1H3,(H4,21,22,23,24). The second-order valence-electron chi connectivity index (χ2n) is 5.86. The van der Waals surface area contributed by atoms with Gasteiger partial charge in [0.05, 0.1) is 6.61 Å². The minimum Gasteiger partial charge on any atom is -0.493 e. The topological polar surface area (TPSA) is 87.0 Å². The molecule has 0 radical (unpaired) electrons. The lowest BCUT2D eigenvalue weighted by Gasteiger charge is -2.11. The molecular weight excluding hydrogens is 312 g/mol. The maximum absolute atomic E-state index is 5.91. The fourth-order valence-electron chi connectivity index (χ4n) is 2.64. The smallest absolute Gasteiger partial charge is 0.221 e. The number of aromatic nitrogens is 2. The molecule has 3 rings (SSSR count). The summed E-state index contributed by atoms with van der Waals surface area (Å²) >= 11 is 0. The van der Waals surface area contributed by atoms with Gasteiger partial charge in [-0.3, -0.25) is 0 Å². The minimum absolute atomic E-state index is 0.195. The molecule has 0 bridgehead atoms. The molecule has 1 aromatic heterocycles. The highest BCUT2D eigenvalue weighted by Crippen LogP contribution is 2.30. The molecule has 0 fully saturated rings. The van der Waals surface area contributed by atoms with Gasteiger partial charge in [-0.15, -0.1) is 0 Å². The van der Waals surface area contributed by atoms with Crippen LogP contribution in [0.2, 0.25) is 0 Å². The maximum atomic E-state index is 5.91. The summed E-state index contributed by atoms with van der Waals surface area (Å²) in [5.74, 6) is 1.53. The van der Waals surface area contributed by atoms with Crippen molar-refractivity contribution in [3.8, 4) is 16.9 Å². The quantitative estimate of drug-likeness (QED) is 0.718. The molecular formula is C20H22N4O. The van der Waals surface area contributed by atoms with E-state index in [-0.39, 0.29) is 5.95 Å². The monoisotopic (exact) mass is 334 g/mol. The molecule has 0 unspecified atom stereocenters. The zero-order valence-electron chi connectivity index (χ0n) is 14.3. The first kappa shape index (κ1) is 16.8. The number of ether oxygens (including phenoxy) is 1. The molecule has 5 heteroatoms. The van der Waals surface area contributed by atoms with Gasteiger partial charge in [0.2, 0.25) is 5.95 Å². The highest BCUT2D eigenvalue weighted by atomic mass is 16.5. The van der Waals surface area contributed by atoms with Gasteiger partial charge in [-0.25, -0.2) is 4.98 Å². The number of para-hydroxylation sites is 1. The first-order valence-corrected chi connectivity index (χ1v) is 8.35. The Hall–Kier alpha value is -3.08. The summed E-state index contributed by atoms with van der Waals surface area (Å²) in [5, 5.41) is 0. The molecule has 0 aliphatic heterocycles. The van der Waals surface area contributed by atoms with E-state index in [0.29, 0.717) is 18.8 Å². The number of hydrogen-bond acceptors (Lipinski definition) is 5. The van der Waals surface area contributed by atoms with Crippen molar-refractivity contribution in [1.82, 2.24) is 9.97 Å². The van der Waals surface area contributed by atoms with Crippen LogP contribution in [-0.2, 0) is 6.42 Å². The number of rotatable bonds is 6. The van der Waals surface area contributed by atoms with E-state index in [9.17, 15) is 0 Å². The Morgan fingerprint density at radius 3 is 2.48 bits per heavy atom. The van der Waals surface area contributed by atoms with E-state index in [1.54, 1.807) is 6.20 Å². The minimum atomic E-state index is 0.195. The van der Waals surface area contributed by atoms with Crippen LogP contribution in [0.25, 0.3) is 11.1 Å². The molecule has 0 atom stereocenters. The molecule has 0 amide bonds. The van der Waals surface area contributed by atoms with Crippen LogP contribution in [0.3, 0.4) is 0 Å². The molecule has 4 N–H and O–H groups in total. The van der Waals surface area contributed by atoms with Crippen LogP contribution in [0, 0.1) is 0 Å². The lowest BCUT2D eigenvalue weighted by atomic mass is 10.0. The summed E-state index contributed by atoms with van der Waals surface area (Å²) in [7, 11) is 0. The molecule has 5 nitrogen and oxygen atoms in total. The Kier molecular flexibility index (Phi) is 5.14. The molecule has 0 saturated heterocycles. The van der Waals surface area contributed by atoms with Crippen molar-refractivity contribution in [2.24, 2.45) is 0 Å². The van der Waals surface area contributed by atoms with Crippen LogP contribution in [0.5, 0.6) is 5.75 Å². The van der Waals surface area contributed by atoms with Crippen molar-refractivity contribution in [3.63, 3.8) is 0 Å². The van der Waals surface area contributed by atoms with Crippen molar-refractivity contribution in [3.05, 3.63) is 65.9 Å². The van der Waals surface area contributed by atoms with Crippen LogP contribution < -0.4 is 16.2 Å². The van der Waals surface area contributed by atoms with Crippen LogP contribution >= 0.6 is 0 Å². The number of nitrogens with zero attached hydrogens (tertiary/aromatic N) is 2. The van der Waals surface area contributed by atoms with Crippen LogP contribution in [0.4, 0.5) is 11.8 Å². The highest BCUT2D eigenvalue weighted by molar-refractivity contribution is 5.70. The molecule has 0 aliphatic rings. The van der Waals surface area contributed by atoms with Crippen molar-refractivity contribution in [1.29, 1.82) is 0 Å². The highest BCUT2D eigenvalue weighted by Gasteiger charge is 2.07. The zero-order valence-corrected chi connectivity index (χ0v) is 14.3. The number of benzene rings is 2. The van der Waals surface area contributed by atoms with Crippen LogP contribution in [0.1, 0.15) is 24.5 Å². The normalized spacial score (nSPS) is 10.6. The van der Waals surface area contributed by atoms with Crippen molar-refractivity contribution < 1.29 is 4.74 Å². The van der Waals surface area contributed by atoms with Gasteiger partial charge in [-0.2, -0.15) is 4.98 Å². The Morgan fingerprint density at radius 2 is 1.76 bits per heavy atom. The molecule has 128 valence electrons. The van der Waals surface area contributed by atoms with Gasteiger partial charge in [-0.1, -0.05) is 49.4 Å². The predicted molar refractivity (Wildman–Crippen MR) is 101 cm³/mol. The Morgan fingerprint density at radius 1 is 1.00 bits per heavy atom. The van der Waals surface area contributed by atoms with Crippen molar-refractivity contribution >= 4 is 11.8 Å². The summed E-state index contributed by atoms with van der Waals surface area (Å²) in [4.78, 5) is 8.01.